The Bertz CT molecular complexity index is 768. The molecule has 0 unspecified atom stereocenters. The van der Waals surface area contributed by atoms with E-state index >= 15 is 0 Å². The molecule has 1 aromatic rings. The number of esters is 2. The van der Waals surface area contributed by atoms with Crippen LogP contribution in [0.1, 0.15) is 30.1 Å². The zero-order valence-corrected chi connectivity index (χ0v) is 15.4. The molecule has 0 amide bonds. The van der Waals surface area contributed by atoms with E-state index in [-0.39, 0.29) is 30.2 Å². The quantitative estimate of drug-likeness (QED) is 0.420. The Morgan fingerprint density at radius 2 is 1.52 bits per heavy atom. The van der Waals surface area contributed by atoms with Gasteiger partial charge in [-0.05, 0) is 36.5 Å². The highest BCUT2D eigenvalue weighted by atomic mass is 16.5. The number of hydrogen-bond acceptors (Lipinski definition) is 5. The van der Waals surface area contributed by atoms with Crippen LogP contribution in [-0.4, -0.2) is 30.9 Å². The van der Waals surface area contributed by atoms with Crippen molar-refractivity contribution in [2.24, 2.45) is 35.5 Å². The van der Waals surface area contributed by atoms with Gasteiger partial charge in [0.2, 0.25) is 0 Å². The lowest BCUT2D eigenvalue weighted by molar-refractivity contribution is -0.167. The molecular formula is C22H24O5. The molecule has 142 valence electrons. The predicted molar refractivity (Wildman–Crippen MR) is 97.7 cm³/mol. The molecule has 27 heavy (non-hydrogen) atoms. The maximum Gasteiger partial charge on any atom is 0.310 e. The van der Waals surface area contributed by atoms with Crippen LogP contribution in [0, 0.1) is 35.5 Å². The van der Waals surface area contributed by atoms with E-state index in [0.29, 0.717) is 24.0 Å². The lowest BCUT2D eigenvalue weighted by Crippen LogP contribution is -2.48. The first-order valence-electron chi connectivity index (χ1n) is 9.71. The highest BCUT2D eigenvalue weighted by Crippen LogP contribution is 2.63. The van der Waals surface area contributed by atoms with Crippen molar-refractivity contribution in [1.29, 1.82) is 0 Å². The van der Waals surface area contributed by atoms with Crippen LogP contribution in [-0.2, 0) is 19.1 Å². The average Bonchev–Trinajstić information content (AvgIpc) is 3.52. The Balaban J connectivity index is 1.46. The van der Waals surface area contributed by atoms with Gasteiger partial charge in [0.15, 0.2) is 12.4 Å². The van der Waals surface area contributed by atoms with E-state index in [1.54, 1.807) is 24.3 Å². The Labute approximate surface area is 158 Å². The number of ketones is 1. The molecule has 0 aliphatic heterocycles. The number of rotatable bonds is 7. The van der Waals surface area contributed by atoms with Crippen molar-refractivity contribution in [3.8, 4) is 0 Å². The van der Waals surface area contributed by atoms with E-state index in [2.05, 4.69) is 12.2 Å². The smallest absolute Gasteiger partial charge is 0.310 e. The summed E-state index contributed by atoms with van der Waals surface area (Å²) in [5, 5.41) is 0. The molecule has 5 rings (SSSR count). The first-order chi connectivity index (χ1) is 13.1. The van der Waals surface area contributed by atoms with E-state index < -0.39 is 17.8 Å². The molecule has 0 N–H and O–H groups in total. The average molecular weight is 368 g/mol. The molecule has 1 aromatic carbocycles. The maximum atomic E-state index is 12.9. The molecule has 5 heteroatoms. The van der Waals surface area contributed by atoms with E-state index in [1.165, 1.54) is 0 Å². The summed E-state index contributed by atoms with van der Waals surface area (Å²) in [7, 11) is 0. The lowest BCUT2D eigenvalue weighted by Gasteiger charge is -2.41. The fourth-order valence-corrected chi connectivity index (χ4v) is 4.76. The summed E-state index contributed by atoms with van der Waals surface area (Å²) in [5.74, 6) is -1.04. The van der Waals surface area contributed by atoms with Crippen LogP contribution in [0.2, 0.25) is 0 Å². The minimum absolute atomic E-state index is 0.0125. The molecule has 4 aliphatic carbocycles. The molecule has 2 fully saturated rings. The number of benzene rings is 1. The zero-order chi connectivity index (χ0) is 19.0. The van der Waals surface area contributed by atoms with Crippen molar-refractivity contribution in [2.45, 2.75) is 19.8 Å². The number of allylic oxidation sites excluding steroid dienone is 2. The second kappa shape index (κ2) is 7.29. The number of ether oxygens (including phenoxy) is 2. The standard InChI is InChI=1S/C22H24O5/c1-2-10-26-21(24)19-14-8-9-15(17-11-16(14)17)20(19)22(25)27-12-18(23)13-6-4-3-5-7-13/h3-9,14-17,19-20H,2,10-12H2,1H3/t14-,15-,16+,17-,19-,20-/m0/s1. The molecule has 4 aliphatic rings. The molecule has 0 heterocycles. The third-order valence-electron chi connectivity index (χ3n) is 6.09. The highest BCUT2D eigenvalue weighted by molar-refractivity contribution is 5.98. The fourth-order valence-electron chi connectivity index (χ4n) is 4.76. The van der Waals surface area contributed by atoms with Crippen molar-refractivity contribution in [2.75, 3.05) is 13.2 Å². The minimum Gasteiger partial charge on any atom is -0.465 e. The SMILES string of the molecule is CCCOC(=O)[C@H]1[C@H]2C=C[C@@H]([C@@H]3C[C@H]23)[C@@H]1C(=O)OCC(=O)c1ccccc1. The van der Waals surface area contributed by atoms with Gasteiger partial charge < -0.3 is 9.47 Å². The third-order valence-corrected chi connectivity index (χ3v) is 6.09. The zero-order valence-electron chi connectivity index (χ0n) is 15.4. The van der Waals surface area contributed by atoms with Gasteiger partial charge in [-0.1, -0.05) is 49.4 Å². The Morgan fingerprint density at radius 1 is 0.926 bits per heavy atom. The summed E-state index contributed by atoms with van der Waals surface area (Å²) >= 11 is 0. The molecule has 2 bridgehead atoms. The van der Waals surface area contributed by atoms with Gasteiger partial charge in [-0.2, -0.15) is 0 Å². The second-order valence-corrected chi connectivity index (χ2v) is 7.72. The van der Waals surface area contributed by atoms with Crippen molar-refractivity contribution < 1.29 is 23.9 Å². The van der Waals surface area contributed by atoms with Crippen LogP contribution in [0.15, 0.2) is 42.5 Å². The number of hydrogen-bond donors (Lipinski definition) is 0. The normalized spacial score (nSPS) is 32.5. The van der Waals surface area contributed by atoms with E-state index in [1.807, 2.05) is 13.0 Å². The molecule has 0 spiro atoms. The van der Waals surface area contributed by atoms with E-state index in [4.69, 9.17) is 9.47 Å². The fraction of sp³-hybridized carbons (Fsp3) is 0.500. The molecule has 0 saturated heterocycles. The Hall–Kier alpha value is -2.43. The maximum absolute atomic E-state index is 12.9. The highest BCUT2D eigenvalue weighted by Gasteiger charge is 2.63. The van der Waals surface area contributed by atoms with Gasteiger partial charge in [0.25, 0.3) is 0 Å². The van der Waals surface area contributed by atoms with Crippen LogP contribution in [0.3, 0.4) is 0 Å². The Morgan fingerprint density at radius 3 is 2.11 bits per heavy atom. The number of carbonyl (C=O) groups is 3. The number of carbonyl (C=O) groups excluding carboxylic acids is 3. The van der Waals surface area contributed by atoms with E-state index in [0.717, 1.165) is 12.8 Å². The van der Waals surface area contributed by atoms with Crippen LogP contribution < -0.4 is 0 Å². The summed E-state index contributed by atoms with van der Waals surface area (Å²) in [5.41, 5.74) is 0.511. The molecular weight excluding hydrogens is 344 g/mol. The summed E-state index contributed by atoms with van der Waals surface area (Å²) in [6, 6.07) is 8.76. The molecule has 5 nitrogen and oxygen atoms in total. The predicted octanol–water partition coefficient (Wildman–Crippen LogP) is 3.05. The van der Waals surface area contributed by atoms with Gasteiger partial charge in [-0.3, -0.25) is 14.4 Å². The number of Topliss-reactive ketones (excluding diaryl/α,β-unsaturated/α-hetero) is 1. The summed E-state index contributed by atoms with van der Waals surface area (Å²) in [6.07, 6.45) is 5.94. The van der Waals surface area contributed by atoms with Gasteiger partial charge in [0, 0.05) is 5.56 Å². The van der Waals surface area contributed by atoms with E-state index in [9.17, 15) is 14.4 Å². The van der Waals surface area contributed by atoms with Gasteiger partial charge in [0.05, 0.1) is 18.4 Å². The van der Waals surface area contributed by atoms with Crippen molar-refractivity contribution in [1.82, 2.24) is 0 Å². The molecule has 0 aromatic heterocycles. The first kappa shape index (κ1) is 18.0. The minimum atomic E-state index is -0.545. The van der Waals surface area contributed by atoms with Crippen LogP contribution in [0.25, 0.3) is 0 Å². The largest absolute Gasteiger partial charge is 0.465 e. The van der Waals surface area contributed by atoms with Gasteiger partial charge in [-0.15, -0.1) is 0 Å². The van der Waals surface area contributed by atoms with Crippen molar-refractivity contribution in [3.05, 3.63) is 48.0 Å². The van der Waals surface area contributed by atoms with Gasteiger partial charge in [0.1, 0.15) is 0 Å². The van der Waals surface area contributed by atoms with Gasteiger partial charge >= 0.3 is 11.9 Å². The second-order valence-electron chi connectivity index (χ2n) is 7.72. The summed E-state index contributed by atoms with van der Waals surface area (Å²) in [4.78, 5) is 37.8. The molecule has 0 radical (unpaired) electrons. The third kappa shape index (κ3) is 3.31. The number of fused-ring (bicyclic) bond motifs is 1. The van der Waals surface area contributed by atoms with Crippen molar-refractivity contribution in [3.63, 3.8) is 0 Å². The topological polar surface area (TPSA) is 69.7 Å². The van der Waals surface area contributed by atoms with Crippen LogP contribution >= 0.6 is 0 Å². The van der Waals surface area contributed by atoms with Gasteiger partial charge in [-0.25, -0.2) is 0 Å². The molecule has 6 atom stereocenters. The monoisotopic (exact) mass is 368 g/mol. The summed E-state index contributed by atoms with van der Waals surface area (Å²) < 4.78 is 10.7. The summed E-state index contributed by atoms with van der Waals surface area (Å²) in [6.45, 7) is 2.00. The lowest BCUT2D eigenvalue weighted by atomic mass is 9.62. The van der Waals surface area contributed by atoms with Crippen LogP contribution in [0.5, 0.6) is 0 Å². The first-order valence-corrected chi connectivity index (χ1v) is 9.71. The van der Waals surface area contributed by atoms with Crippen molar-refractivity contribution >= 4 is 17.7 Å². The molecule has 2 saturated carbocycles. The Kier molecular flexibility index (Phi) is 4.85. The van der Waals surface area contributed by atoms with Crippen LogP contribution in [0.4, 0.5) is 0 Å².